The highest BCUT2D eigenvalue weighted by Gasteiger charge is 2.51. The molecule has 3 amide bonds. The third-order valence-electron chi connectivity index (χ3n) is 4.80. The van der Waals surface area contributed by atoms with Gasteiger partial charge in [-0.15, -0.1) is 0 Å². The van der Waals surface area contributed by atoms with Gasteiger partial charge in [0, 0.05) is 13.0 Å². The van der Waals surface area contributed by atoms with Gasteiger partial charge in [-0.2, -0.15) is 0 Å². The number of benzene rings is 1. The molecule has 2 saturated heterocycles. The summed E-state index contributed by atoms with van der Waals surface area (Å²) >= 11 is 0. The quantitative estimate of drug-likeness (QED) is 0.709. The van der Waals surface area contributed by atoms with Gasteiger partial charge in [-0.1, -0.05) is 24.3 Å². The van der Waals surface area contributed by atoms with Crippen LogP contribution in [0.5, 0.6) is 0 Å². The Balaban J connectivity index is 1.65. The van der Waals surface area contributed by atoms with Crippen molar-refractivity contribution in [3.8, 4) is 0 Å². The lowest BCUT2D eigenvalue weighted by atomic mass is 9.95. The lowest BCUT2D eigenvalue weighted by Gasteiger charge is -2.28. The van der Waals surface area contributed by atoms with Crippen LogP contribution >= 0.6 is 0 Å². The number of hydrogen-bond donors (Lipinski definition) is 0. The molecule has 7 heteroatoms. The van der Waals surface area contributed by atoms with Gasteiger partial charge in [0.2, 0.25) is 0 Å². The molecule has 0 spiro atoms. The zero-order valence-electron chi connectivity index (χ0n) is 11.9. The Hall–Kier alpha value is -1.89. The van der Waals surface area contributed by atoms with Gasteiger partial charge >= 0.3 is 6.03 Å². The molecule has 0 saturated carbocycles. The lowest BCUT2D eigenvalue weighted by Crippen LogP contribution is -2.41. The highest BCUT2D eigenvalue weighted by atomic mass is 32.2. The van der Waals surface area contributed by atoms with E-state index in [4.69, 9.17) is 0 Å². The van der Waals surface area contributed by atoms with E-state index in [1.165, 1.54) is 4.90 Å². The van der Waals surface area contributed by atoms with Crippen molar-refractivity contribution >= 4 is 21.8 Å². The second-order valence-electron chi connectivity index (χ2n) is 6.16. The fraction of sp³-hybridized carbons (Fsp3) is 0.467. The second kappa shape index (κ2) is 4.55. The minimum atomic E-state index is -3.13. The summed E-state index contributed by atoms with van der Waals surface area (Å²) in [5.41, 5.74) is 2.14. The van der Waals surface area contributed by atoms with Gasteiger partial charge in [-0.05, 0) is 17.5 Å². The van der Waals surface area contributed by atoms with Crippen molar-refractivity contribution in [3.63, 3.8) is 0 Å². The molecule has 3 aliphatic rings. The molecular weight excluding hydrogens is 304 g/mol. The molecule has 1 aromatic rings. The average Bonchev–Trinajstić information content (AvgIpc) is 2.95. The Kier molecular flexibility index (Phi) is 2.84. The van der Waals surface area contributed by atoms with Gasteiger partial charge in [0.15, 0.2) is 9.84 Å². The molecule has 116 valence electrons. The van der Waals surface area contributed by atoms with E-state index in [9.17, 15) is 18.0 Å². The molecule has 0 radical (unpaired) electrons. The van der Waals surface area contributed by atoms with Crippen LogP contribution in [0.4, 0.5) is 4.79 Å². The predicted molar refractivity (Wildman–Crippen MR) is 78.8 cm³/mol. The van der Waals surface area contributed by atoms with E-state index < -0.39 is 21.9 Å². The molecule has 1 aromatic carbocycles. The predicted octanol–water partition coefficient (Wildman–Crippen LogP) is 0.563. The molecule has 2 unspecified atom stereocenters. The Morgan fingerprint density at radius 3 is 2.50 bits per heavy atom. The summed E-state index contributed by atoms with van der Waals surface area (Å²) in [6.07, 6.45) is 0.865. The molecule has 2 fully saturated rings. The monoisotopic (exact) mass is 320 g/mol. The Bertz CT molecular complexity index is 731. The summed E-state index contributed by atoms with van der Waals surface area (Å²) in [4.78, 5) is 28.0. The van der Waals surface area contributed by atoms with E-state index in [2.05, 4.69) is 0 Å². The smallest absolute Gasteiger partial charge is 0.308 e. The zero-order chi connectivity index (χ0) is 15.5. The number of rotatable bonds is 1. The molecule has 4 rings (SSSR count). The largest absolute Gasteiger partial charge is 0.328 e. The van der Waals surface area contributed by atoms with Crippen molar-refractivity contribution in [1.29, 1.82) is 0 Å². The number of nitrogens with zero attached hydrogens (tertiary/aromatic N) is 2. The average molecular weight is 320 g/mol. The van der Waals surface area contributed by atoms with Crippen molar-refractivity contribution in [1.82, 2.24) is 9.80 Å². The first-order valence-electron chi connectivity index (χ1n) is 7.37. The molecule has 22 heavy (non-hydrogen) atoms. The summed E-state index contributed by atoms with van der Waals surface area (Å²) in [6.45, 7) is 0.418. The van der Waals surface area contributed by atoms with Gasteiger partial charge in [0.25, 0.3) is 5.91 Å². The van der Waals surface area contributed by atoms with Crippen molar-refractivity contribution < 1.29 is 18.0 Å². The van der Waals surface area contributed by atoms with E-state index in [0.717, 1.165) is 11.1 Å². The van der Waals surface area contributed by atoms with Crippen LogP contribution in [0.25, 0.3) is 0 Å². The van der Waals surface area contributed by atoms with Gasteiger partial charge in [0.1, 0.15) is 6.04 Å². The van der Waals surface area contributed by atoms with Gasteiger partial charge in [-0.25, -0.2) is 13.2 Å². The van der Waals surface area contributed by atoms with Crippen LogP contribution < -0.4 is 0 Å². The Labute approximate surface area is 128 Å². The summed E-state index contributed by atoms with van der Waals surface area (Å²) in [5, 5.41) is 0. The third kappa shape index (κ3) is 1.95. The minimum Gasteiger partial charge on any atom is -0.308 e. The molecule has 3 aliphatic heterocycles. The number of amides is 3. The summed E-state index contributed by atoms with van der Waals surface area (Å²) in [5.74, 6) is -0.293. The molecule has 0 aromatic heterocycles. The SMILES string of the molecule is O=C1C2Cc3ccccc3CN2C(=O)N1C1CCS(=O)(=O)C1. The van der Waals surface area contributed by atoms with Crippen LogP contribution in [0.2, 0.25) is 0 Å². The minimum absolute atomic E-state index is 0.0552. The Morgan fingerprint density at radius 1 is 1.09 bits per heavy atom. The summed E-state index contributed by atoms with van der Waals surface area (Å²) in [7, 11) is -3.13. The molecule has 6 nitrogen and oxygen atoms in total. The summed E-state index contributed by atoms with van der Waals surface area (Å²) < 4.78 is 23.3. The van der Waals surface area contributed by atoms with E-state index in [0.29, 0.717) is 19.4 Å². The first kappa shape index (κ1) is 13.8. The lowest BCUT2D eigenvalue weighted by molar-refractivity contribution is -0.129. The standard InChI is InChI=1S/C15H16N2O4S/c18-14-13-7-10-3-1-2-4-11(10)8-16(13)15(19)17(14)12-5-6-22(20,21)9-12/h1-4,12-13H,5-9H2. The molecule has 0 bridgehead atoms. The first-order chi connectivity index (χ1) is 10.5. The number of carbonyl (C=O) groups excluding carboxylic acids is 2. The van der Waals surface area contributed by atoms with Crippen LogP contribution in [-0.2, 0) is 27.6 Å². The second-order valence-corrected chi connectivity index (χ2v) is 8.39. The molecule has 2 atom stereocenters. The highest BCUT2D eigenvalue weighted by molar-refractivity contribution is 7.91. The third-order valence-corrected chi connectivity index (χ3v) is 6.55. The van der Waals surface area contributed by atoms with Gasteiger partial charge < -0.3 is 4.90 Å². The van der Waals surface area contributed by atoms with Crippen molar-refractivity contribution in [2.45, 2.75) is 31.5 Å². The van der Waals surface area contributed by atoms with E-state index in [1.54, 1.807) is 4.90 Å². The molecule has 0 N–H and O–H groups in total. The van der Waals surface area contributed by atoms with Crippen LogP contribution in [0.15, 0.2) is 24.3 Å². The highest BCUT2D eigenvalue weighted by Crippen LogP contribution is 2.33. The van der Waals surface area contributed by atoms with Gasteiger partial charge in [0.05, 0.1) is 17.5 Å². The molecule has 0 aliphatic carbocycles. The maximum atomic E-state index is 12.6. The summed E-state index contributed by atoms with van der Waals surface area (Å²) in [6, 6.07) is 6.47. The molecular formula is C15H16N2O4S. The number of sulfone groups is 1. The fourth-order valence-corrected chi connectivity index (χ4v) is 5.35. The normalized spacial score (nSPS) is 29.6. The van der Waals surface area contributed by atoms with E-state index >= 15 is 0 Å². The first-order valence-corrected chi connectivity index (χ1v) is 9.19. The number of urea groups is 1. The topological polar surface area (TPSA) is 74.8 Å². The maximum absolute atomic E-state index is 12.6. The van der Waals surface area contributed by atoms with Gasteiger partial charge in [-0.3, -0.25) is 9.69 Å². The number of fused-ring (bicyclic) bond motifs is 2. The van der Waals surface area contributed by atoms with Crippen LogP contribution in [-0.4, -0.2) is 53.7 Å². The van der Waals surface area contributed by atoms with E-state index in [1.807, 2.05) is 24.3 Å². The fourth-order valence-electron chi connectivity index (χ4n) is 3.65. The van der Waals surface area contributed by atoms with Crippen molar-refractivity contribution in [3.05, 3.63) is 35.4 Å². The van der Waals surface area contributed by atoms with Crippen LogP contribution in [0, 0.1) is 0 Å². The zero-order valence-corrected chi connectivity index (χ0v) is 12.8. The van der Waals surface area contributed by atoms with Crippen LogP contribution in [0.3, 0.4) is 0 Å². The maximum Gasteiger partial charge on any atom is 0.328 e. The van der Waals surface area contributed by atoms with Crippen LogP contribution in [0.1, 0.15) is 17.5 Å². The number of carbonyl (C=O) groups is 2. The number of hydrogen-bond acceptors (Lipinski definition) is 4. The van der Waals surface area contributed by atoms with Crippen molar-refractivity contribution in [2.75, 3.05) is 11.5 Å². The van der Waals surface area contributed by atoms with Crippen molar-refractivity contribution in [2.24, 2.45) is 0 Å². The molecule has 3 heterocycles. The van der Waals surface area contributed by atoms with E-state index in [-0.39, 0.29) is 23.4 Å². The number of imide groups is 1. The Morgan fingerprint density at radius 2 is 1.82 bits per heavy atom.